The number of piperazine rings is 1. The third-order valence-corrected chi connectivity index (χ3v) is 3.25. The van der Waals surface area contributed by atoms with Crippen LogP contribution in [0.25, 0.3) is 0 Å². The van der Waals surface area contributed by atoms with E-state index >= 15 is 0 Å². The minimum atomic E-state index is 0.649. The lowest BCUT2D eigenvalue weighted by Gasteiger charge is -2.33. The third kappa shape index (κ3) is 2.27. The van der Waals surface area contributed by atoms with Crippen LogP contribution >= 0.6 is 11.3 Å². The smallest absolute Gasteiger partial charge is 0.0794 e. The summed E-state index contributed by atoms with van der Waals surface area (Å²) >= 11 is 1.75. The third-order valence-electron chi connectivity index (χ3n) is 2.48. The molecule has 0 unspecified atom stereocenters. The maximum atomic E-state index is 4.09. The highest BCUT2D eigenvalue weighted by atomic mass is 32.1. The highest BCUT2D eigenvalue weighted by Crippen LogP contribution is 2.12. The van der Waals surface area contributed by atoms with Gasteiger partial charge in [-0.25, -0.2) is 0 Å². The van der Waals surface area contributed by atoms with Gasteiger partial charge in [-0.05, 0) is 6.92 Å². The zero-order valence-corrected chi connectivity index (χ0v) is 8.68. The molecule has 0 aromatic carbocycles. The van der Waals surface area contributed by atoms with E-state index in [2.05, 4.69) is 22.1 Å². The van der Waals surface area contributed by atoms with Gasteiger partial charge in [0.05, 0.1) is 5.51 Å². The molecule has 1 aliphatic heterocycles. The molecule has 1 atom stereocenters. The van der Waals surface area contributed by atoms with Crippen LogP contribution < -0.4 is 5.32 Å². The van der Waals surface area contributed by atoms with Gasteiger partial charge >= 0.3 is 0 Å². The lowest BCUT2D eigenvalue weighted by atomic mass is 10.2. The Labute approximate surface area is 82.8 Å². The summed E-state index contributed by atoms with van der Waals surface area (Å²) in [5.41, 5.74) is 1.90. The van der Waals surface area contributed by atoms with Crippen LogP contribution in [0.2, 0.25) is 0 Å². The number of thiazole rings is 1. The molecule has 1 aromatic heterocycles. The summed E-state index contributed by atoms with van der Waals surface area (Å²) in [5.74, 6) is 0. The van der Waals surface area contributed by atoms with Crippen LogP contribution in [0.5, 0.6) is 0 Å². The standard InChI is InChI=1S/C9H15N3S/c1-8-4-10-2-3-12(8)6-9-5-11-7-13-9/h5,7-8,10H,2-4,6H2,1H3/t8-/m1/s1. The van der Waals surface area contributed by atoms with E-state index in [-0.39, 0.29) is 0 Å². The van der Waals surface area contributed by atoms with Gasteiger partial charge in [-0.2, -0.15) is 0 Å². The molecule has 0 spiro atoms. The fourth-order valence-electron chi connectivity index (χ4n) is 1.64. The topological polar surface area (TPSA) is 28.2 Å². The molecule has 1 fully saturated rings. The molecule has 13 heavy (non-hydrogen) atoms. The number of hydrogen-bond acceptors (Lipinski definition) is 4. The summed E-state index contributed by atoms with van der Waals surface area (Å²) in [4.78, 5) is 7.96. The Balaban J connectivity index is 1.93. The van der Waals surface area contributed by atoms with Crippen LogP contribution in [0, 0.1) is 0 Å². The van der Waals surface area contributed by atoms with Crippen molar-refractivity contribution in [1.82, 2.24) is 15.2 Å². The number of nitrogens with zero attached hydrogens (tertiary/aromatic N) is 2. The molecule has 0 amide bonds. The van der Waals surface area contributed by atoms with Crippen molar-refractivity contribution in [2.45, 2.75) is 19.5 Å². The van der Waals surface area contributed by atoms with Crippen LogP contribution in [-0.4, -0.2) is 35.6 Å². The van der Waals surface area contributed by atoms with Gasteiger partial charge in [0.25, 0.3) is 0 Å². The molecule has 0 radical (unpaired) electrons. The summed E-state index contributed by atoms with van der Waals surface area (Å²) in [5, 5.41) is 3.39. The van der Waals surface area contributed by atoms with Gasteiger partial charge < -0.3 is 5.32 Å². The Morgan fingerprint density at radius 2 is 2.69 bits per heavy atom. The average Bonchev–Trinajstić information content (AvgIpc) is 2.61. The summed E-state index contributed by atoms with van der Waals surface area (Å²) in [7, 11) is 0. The van der Waals surface area contributed by atoms with Gasteiger partial charge in [0.2, 0.25) is 0 Å². The zero-order valence-electron chi connectivity index (χ0n) is 7.86. The predicted molar refractivity (Wildman–Crippen MR) is 54.9 cm³/mol. The van der Waals surface area contributed by atoms with Crippen LogP contribution in [0.1, 0.15) is 11.8 Å². The molecule has 2 heterocycles. The second kappa shape index (κ2) is 4.17. The Kier molecular flexibility index (Phi) is 2.93. The maximum Gasteiger partial charge on any atom is 0.0794 e. The molecule has 0 aliphatic carbocycles. The van der Waals surface area contributed by atoms with Crippen molar-refractivity contribution in [3.63, 3.8) is 0 Å². The highest BCUT2D eigenvalue weighted by Gasteiger charge is 2.17. The Morgan fingerprint density at radius 1 is 1.77 bits per heavy atom. The van der Waals surface area contributed by atoms with Crippen molar-refractivity contribution in [3.05, 3.63) is 16.6 Å². The molecular weight excluding hydrogens is 182 g/mol. The fraction of sp³-hybridized carbons (Fsp3) is 0.667. The van der Waals surface area contributed by atoms with E-state index in [0.29, 0.717) is 6.04 Å². The quantitative estimate of drug-likeness (QED) is 0.764. The molecular formula is C9H15N3S. The minimum absolute atomic E-state index is 0.649. The molecule has 2 rings (SSSR count). The Bertz CT molecular complexity index is 247. The molecule has 1 aliphatic rings. The fourth-order valence-corrected chi connectivity index (χ4v) is 2.26. The number of rotatable bonds is 2. The van der Waals surface area contributed by atoms with E-state index in [0.717, 1.165) is 26.2 Å². The first-order valence-electron chi connectivity index (χ1n) is 4.68. The predicted octanol–water partition coefficient (Wildman–Crippen LogP) is 0.937. The molecule has 3 nitrogen and oxygen atoms in total. The van der Waals surface area contributed by atoms with Crippen LogP contribution in [-0.2, 0) is 6.54 Å². The molecule has 1 aromatic rings. The number of aromatic nitrogens is 1. The van der Waals surface area contributed by atoms with Crippen LogP contribution in [0.4, 0.5) is 0 Å². The highest BCUT2D eigenvalue weighted by molar-refractivity contribution is 7.09. The van der Waals surface area contributed by atoms with Gasteiger partial charge in [-0.3, -0.25) is 9.88 Å². The molecule has 0 bridgehead atoms. The van der Waals surface area contributed by atoms with Crippen molar-refractivity contribution >= 4 is 11.3 Å². The van der Waals surface area contributed by atoms with E-state index in [1.54, 1.807) is 11.3 Å². The SMILES string of the molecule is C[C@@H]1CNCCN1Cc1cncs1. The van der Waals surface area contributed by atoms with Gasteiger partial charge in [0.15, 0.2) is 0 Å². The van der Waals surface area contributed by atoms with Gasteiger partial charge in [0.1, 0.15) is 0 Å². The normalized spacial score (nSPS) is 24.8. The maximum absolute atomic E-state index is 4.09. The monoisotopic (exact) mass is 197 g/mol. The van der Waals surface area contributed by atoms with E-state index < -0.39 is 0 Å². The molecule has 1 saturated heterocycles. The van der Waals surface area contributed by atoms with E-state index in [1.807, 2.05) is 11.7 Å². The number of nitrogens with one attached hydrogen (secondary N) is 1. The van der Waals surface area contributed by atoms with Crippen molar-refractivity contribution in [3.8, 4) is 0 Å². The lowest BCUT2D eigenvalue weighted by Crippen LogP contribution is -2.49. The summed E-state index contributed by atoms with van der Waals surface area (Å²) in [6.45, 7) is 6.71. The van der Waals surface area contributed by atoms with Crippen molar-refractivity contribution in [1.29, 1.82) is 0 Å². The zero-order chi connectivity index (χ0) is 9.10. The van der Waals surface area contributed by atoms with Crippen LogP contribution in [0.15, 0.2) is 11.7 Å². The second-order valence-electron chi connectivity index (χ2n) is 3.49. The van der Waals surface area contributed by atoms with Gasteiger partial charge in [-0.1, -0.05) is 0 Å². The molecule has 72 valence electrons. The first-order chi connectivity index (χ1) is 6.36. The minimum Gasteiger partial charge on any atom is -0.314 e. The van der Waals surface area contributed by atoms with Crippen molar-refractivity contribution < 1.29 is 0 Å². The summed E-state index contributed by atoms with van der Waals surface area (Å²) in [6, 6.07) is 0.649. The molecule has 0 saturated carbocycles. The molecule has 4 heteroatoms. The second-order valence-corrected chi connectivity index (χ2v) is 4.46. The largest absolute Gasteiger partial charge is 0.314 e. The van der Waals surface area contributed by atoms with E-state index in [4.69, 9.17) is 0 Å². The van der Waals surface area contributed by atoms with Gasteiger partial charge in [0, 0.05) is 43.3 Å². The Morgan fingerprint density at radius 3 is 3.38 bits per heavy atom. The van der Waals surface area contributed by atoms with E-state index in [9.17, 15) is 0 Å². The van der Waals surface area contributed by atoms with Gasteiger partial charge in [-0.15, -0.1) is 11.3 Å². The summed E-state index contributed by atoms with van der Waals surface area (Å²) in [6.07, 6.45) is 1.97. The van der Waals surface area contributed by atoms with Crippen LogP contribution in [0.3, 0.4) is 0 Å². The number of hydrogen-bond donors (Lipinski definition) is 1. The first kappa shape index (κ1) is 9.12. The summed E-state index contributed by atoms with van der Waals surface area (Å²) < 4.78 is 0. The molecule has 1 N–H and O–H groups in total. The van der Waals surface area contributed by atoms with Crippen molar-refractivity contribution in [2.24, 2.45) is 0 Å². The van der Waals surface area contributed by atoms with E-state index in [1.165, 1.54) is 4.88 Å². The average molecular weight is 197 g/mol. The first-order valence-corrected chi connectivity index (χ1v) is 5.56. The van der Waals surface area contributed by atoms with Crippen molar-refractivity contribution in [2.75, 3.05) is 19.6 Å². The Hall–Kier alpha value is -0.450. The lowest BCUT2D eigenvalue weighted by molar-refractivity contribution is 0.167.